The third kappa shape index (κ3) is 3.64. The monoisotopic (exact) mass is 314 g/mol. The lowest BCUT2D eigenvalue weighted by atomic mass is 10.2. The van der Waals surface area contributed by atoms with Crippen molar-refractivity contribution < 1.29 is 0 Å². The number of aryl methyl sites for hydroxylation is 1. The van der Waals surface area contributed by atoms with E-state index in [4.69, 9.17) is 5.73 Å². The lowest BCUT2D eigenvalue weighted by Crippen LogP contribution is -2.42. The third-order valence-corrected chi connectivity index (χ3v) is 4.59. The number of H-pyrrole nitrogens is 1. The normalized spacial score (nSPS) is 19.6. The van der Waals surface area contributed by atoms with Crippen molar-refractivity contribution in [3.8, 4) is 0 Å². The van der Waals surface area contributed by atoms with Crippen LogP contribution in [-0.2, 0) is 6.54 Å². The average Bonchev–Trinajstić information content (AvgIpc) is 3.17. The van der Waals surface area contributed by atoms with Crippen LogP contribution in [-0.4, -0.2) is 46.5 Å². The Bertz CT molecular complexity index is 689. The molecule has 1 saturated heterocycles. The van der Waals surface area contributed by atoms with Gasteiger partial charge in [-0.3, -0.25) is 4.90 Å². The predicted molar refractivity (Wildman–Crippen MR) is 94.4 cm³/mol. The number of aromatic amines is 1. The molecule has 1 atom stereocenters. The Labute approximate surface area is 137 Å². The highest BCUT2D eigenvalue weighted by molar-refractivity contribution is 5.79. The Morgan fingerprint density at radius 3 is 3.17 bits per heavy atom. The summed E-state index contributed by atoms with van der Waals surface area (Å²) in [4.78, 5) is 14.8. The van der Waals surface area contributed by atoms with Crippen LogP contribution in [0.3, 0.4) is 0 Å². The van der Waals surface area contributed by atoms with E-state index in [-0.39, 0.29) is 0 Å². The number of imidazole rings is 1. The molecule has 1 unspecified atom stereocenters. The van der Waals surface area contributed by atoms with E-state index >= 15 is 0 Å². The third-order valence-electron chi connectivity index (χ3n) is 4.59. The lowest BCUT2D eigenvalue weighted by Gasteiger charge is -2.23. The summed E-state index contributed by atoms with van der Waals surface area (Å²) in [6, 6.07) is 6.69. The molecular weight excluding hydrogens is 288 g/mol. The summed E-state index contributed by atoms with van der Waals surface area (Å²) in [7, 11) is 0. The van der Waals surface area contributed by atoms with Crippen LogP contribution in [0.2, 0.25) is 0 Å². The van der Waals surface area contributed by atoms with Crippen molar-refractivity contribution in [2.45, 2.75) is 39.3 Å². The molecule has 0 saturated carbocycles. The van der Waals surface area contributed by atoms with Gasteiger partial charge in [0.25, 0.3) is 0 Å². The Morgan fingerprint density at radius 1 is 1.52 bits per heavy atom. The van der Waals surface area contributed by atoms with Gasteiger partial charge in [0.2, 0.25) is 0 Å². The number of hydrogen-bond donors (Lipinski definition) is 3. The summed E-state index contributed by atoms with van der Waals surface area (Å²) < 4.78 is 0. The van der Waals surface area contributed by atoms with E-state index < -0.39 is 0 Å². The highest BCUT2D eigenvalue weighted by Crippen LogP contribution is 2.16. The number of para-hydroxylation sites is 1. The number of nitrogens with two attached hydrogens (primary N) is 1. The van der Waals surface area contributed by atoms with E-state index in [9.17, 15) is 0 Å². The molecule has 1 aliphatic rings. The number of aromatic nitrogens is 2. The first-order valence-electron chi connectivity index (χ1n) is 8.39. The quantitative estimate of drug-likeness (QED) is 0.580. The van der Waals surface area contributed by atoms with Gasteiger partial charge in [-0.25, -0.2) is 9.98 Å². The molecule has 124 valence electrons. The van der Waals surface area contributed by atoms with E-state index in [1.54, 1.807) is 0 Å². The SMILES string of the molecule is CCN1CCCC1CNC(N)=NCc1nc2c(C)cccc2[nH]1. The molecule has 0 bridgehead atoms. The summed E-state index contributed by atoms with van der Waals surface area (Å²) >= 11 is 0. The number of rotatable bonds is 5. The molecule has 1 aromatic carbocycles. The molecule has 1 fully saturated rings. The summed E-state index contributed by atoms with van der Waals surface area (Å²) in [5.41, 5.74) is 9.21. The van der Waals surface area contributed by atoms with Gasteiger partial charge >= 0.3 is 0 Å². The van der Waals surface area contributed by atoms with Crippen molar-refractivity contribution in [1.29, 1.82) is 0 Å². The molecule has 0 radical (unpaired) electrons. The first-order valence-corrected chi connectivity index (χ1v) is 8.39. The largest absolute Gasteiger partial charge is 0.370 e. The highest BCUT2D eigenvalue weighted by Gasteiger charge is 2.22. The maximum absolute atomic E-state index is 5.99. The molecule has 1 aliphatic heterocycles. The Balaban J connectivity index is 1.57. The number of nitrogens with one attached hydrogen (secondary N) is 2. The fourth-order valence-corrected chi connectivity index (χ4v) is 3.28. The zero-order valence-corrected chi connectivity index (χ0v) is 14.0. The Kier molecular flexibility index (Phi) is 4.81. The van der Waals surface area contributed by atoms with E-state index in [1.807, 2.05) is 12.1 Å². The number of fused-ring (bicyclic) bond motifs is 1. The van der Waals surface area contributed by atoms with Crippen LogP contribution < -0.4 is 11.1 Å². The second-order valence-electron chi connectivity index (χ2n) is 6.16. The number of likely N-dealkylation sites (N-methyl/N-ethyl adjacent to an activating group) is 1. The van der Waals surface area contributed by atoms with Crippen LogP contribution in [0, 0.1) is 6.92 Å². The van der Waals surface area contributed by atoms with Crippen molar-refractivity contribution in [2.75, 3.05) is 19.6 Å². The zero-order chi connectivity index (χ0) is 16.2. The topological polar surface area (TPSA) is 82.3 Å². The van der Waals surface area contributed by atoms with Crippen molar-refractivity contribution in [3.05, 3.63) is 29.6 Å². The molecule has 4 N–H and O–H groups in total. The molecular formula is C17H26N6. The van der Waals surface area contributed by atoms with Gasteiger partial charge in [-0.05, 0) is 44.5 Å². The number of hydrogen-bond acceptors (Lipinski definition) is 3. The van der Waals surface area contributed by atoms with Crippen LogP contribution >= 0.6 is 0 Å². The van der Waals surface area contributed by atoms with E-state index in [0.717, 1.165) is 29.9 Å². The second kappa shape index (κ2) is 7.00. The summed E-state index contributed by atoms with van der Waals surface area (Å²) in [5.74, 6) is 1.33. The number of likely N-dealkylation sites (tertiary alicyclic amines) is 1. The van der Waals surface area contributed by atoms with Crippen molar-refractivity contribution in [2.24, 2.45) is 10.7 Å². The summed E-state index contributed by atoms with van der Waals surface area (Å²) in [5, 5.41) is 3.25. The number of benzene rings is 1. The Hall–Kier alpha value is -2.08. The molecule has 0 amide bonds. The van der Waals surface area contributed by atoms with E-state index in [1.165, 1.54) is 24.9 Å². The van der Waals surface area contributed by atoms with Gasteiger partial charge in [-0.2, -0.15) is 0 Å². The second-order valence-corrected chi connectivity index (χ2v) is 6.16. The lowest BCUT2D eigenvalue weighted by molar-refractivity contribution is 0.267. The van der Waals surface area contributed by atoms with Gasteiger partial charge in [0, 0.05) is 12.6 Å². The number of aliphatic imine (C=N–C) groups is 1. The minimum Gasteiger partial charge on any atom is -0.370 e. The molecule has 3 rings (SSSR count). The van der Waals surface area contributed by atoms with Crippen molar-refractivity contribution >= 4 is 17.0 Å². The van der Waals surface area contributed by atoms with Gasteiger partial charge in [-0.1, -0.05) is 19.1 Å². The van der Waals surface area contributed by atoms with Crippen LogP contribution in [0.15, 0.2) is 23.2 Å². The van der Waals surface area contributed by atoms with Crippen LogP contribution in [0.4, 0.5) is 0 Å². The molecule has 2 aromatic rings. The molecule has 6 nitrogen and oxygen atoms in total. The maximum Gasteiger partial charge on any atom is 0.189 e. The van der Waals surface area contributed by atoms with Gasteiger partial charge in [0.05, 0.1) is 11.0 Å². The highest BCUT2D eigenvalue weighted by atomic mass is 15.2. The van der Waals surface area contributed by atoms with Gasteiger partial charge in [-0.15, -0.1) is 0 Å². The molecule has 2 heterocycles. The van der Waals surface area contributed by atoms with Crippen LogP contribution in [0.25, 0.3) is 11.0 Å². The van der Waals surface area contributed by atoms with Crippen LogP contribution in [0.5, 0.6) is 0 Å². The molecule has 23 heavy (non-hydrogen) atoms. The number of nitrogens with zero attached hydrogens (tertiary/aromatic N) is 3. The predicted octanol–water partition coefficient (Wildman–Crippen LogP) is 1.76. The average molecular weight is 314 g/mol. The van der Waals surface area contributed by atoms with Gasteiger partial charge < -0.3 is 16.0 Å². The zero-order valence-electron chi connectivity index (χ0n) is 14.0. The molecule has 6 heteroatoms. The fraction of sp³-hybridized carbons (Fsp3) is 0.529. The maximum atomic E-state index is 5.99. The smallest absolute Gasteiger partial charge is 0.189 e. The Morgan fingerprint density at radius 2 is 2.39 bits per heavy atom. The molecule has 1 aromatic heterocycles. The van der Waals surface area contributed by atoms with Crippen molar-refractivity contribution in [1.82, 2.24) is 20.2 Å². The summed E-state index contributed by atoms with van der Waals surface area (Å²) in [6.07, 6.45) is 2.51. The van der Waals surface area contributed by atoms with Gasteiger partial charge in [0.15, 0.2) is 5.96 Å². The van der Waals surface area contributed by atoms with Crippen molar-refractivity contribution in [3.63, 3.8) is 0 Å². The van der Waals surface area contributed by atoms with Crippen LogP contribution in [0.1, 0.15) is 31.2 Å². The van der Waals surface area contributed by atoms with E-state index in [2.05, 4.69) is 45.1 Å². The standard InChI is InChI=1S/C17H26N6/c1-3-23-9-5-7-13(23)10-19-17(18)20-11-15-21-14-8-4-6-12(2)16(14)22-15/h4,6,8,13H,3,5,7,9-11H2,1-2H3,(H,21,22)(H3,18,19,20). The molecule has 0 aliphatic carbocycles. The van der Waals surface area contributed by atoms with Gasteiger partial charge in [0.1, 0.15) is 12.4 Å². The fourth-order valence-electron chi connectivity index (χ4n) is 3.28. The van der Waals surface area contributed by atoms with E-state index in [0.29, 0.717) is 18.5 Å². The minimum absolute atomic E-state index is 0.467. The minimum atomic E-state index is 0.467. The molecule has 0 spiro atoms. The number of guanidine groups is 1. The summed E-state index contributed by atoms with van der Waals surface area (Å²) in [6.45, 7) is 7.89. The first kappa shape index (κ1) is 15.8. The first-order chi connectivity index (χ1) is 11.2.